The highest BCUT2D eigenvalue weighted by Gasteiger charge is 2.24. The number of rotatable bonds is 63. The Bertz CT molecular complexity index is 1350. The highest BCUT2D eigenvalue weighted by molar-refractivity contribution is 7.45. The molecule has 0 radical (unpaired) electrons. The number of phosphoric acid groups is 1. The molecule has 0 aromatic heterocycles. The predicted octanol–water partition coefficient (Wildman–Crippen LogP) is 20.6. The summed E-state index contributed by atoms with van der Waals surface area (Å²) in [5.74, 6) is -0.164. The van der Waals surface area contributed by atoms with E-state index in [0.29, 0.717) is 23.9 Å². The number of hydrogen-bond acceptors (Lipinski definition) is 6. The molecule has 0 fully saturated rings. The Kier molecular flexibility index (Phi) is 58.4. The topological polar surface area (TPSA) is 108 Å². The number of carbonyl (C=O) groups is 1. The summed E-state index contributed by atoms with van der Waals surface area (Å²) in [5.41, 5.74) is 0. The van der Waals surface area contributed by atoms with Crippen molar-refractivity contribution >= 4 is 13.7 Å². The van der Waals surface area contributed by atoms with Crippen molar-refractivity contribution in [3.05, 3.63) is 36.5 Å². The van der Waals surface area contributed by atoms with Gasteiger partial charge in [-0.15, -0.1) is 0 Å². The molecule has 77 heavy (non-hydrogen) atoms. The molecule has 0 bridgehead atoms. The number of carbonyl (C=O) groups excluding carboxylic acids is 1. The fourth-order valence-electron chi connectivity index (χ4n) is 10.3. The number of hydrogen-bond donors (Lipinski definition) is 2. The van der Waals surface area contributed by atoms with E-state index < -0.39 is 20.0 Å². The van der Waals surface area contributed by atoms with E-state index in [0.717, 1.165) is 51.4 Å². The molecular formula is C68H133N2O6P. The quantitative estimate of drug-likeness (QED) is 0.0272. The summed E-state index contributed by atoms with van der Waals surface area (Å²) in [6.07, 6.45) is 77.8. The van der Waals surface area contributed by atoms with Gasteiger partial charge < -0.3 is 28.8 Å². The summed E-state index contributed by atoms with van der Waals surface area (Å²) in [6.45, 7) is 4.76. The van der Waals surface area contributed by atoms with Crippen molar-refractivity contribution in [1.82, 2.24) is 5.32 Å². The van der Waals surface area contributed by atoms with Crippen LogP contribution in [0.2, 0.25) is 0 Å². The molecule has 8 nitrogen and oxygen atoms in total. The first-order valence-corrected chi connectivity index (χ1v) is 35.3. The summed E-state index contributed by atoms with van der Waals surface area (Å²) < 4.78 is 23.5. The van der Waals surface area contributed by atoms with Crippen molar-refractivity contribution < 1.29 is 32.9 Å². The molecule has 0 heterocycles. The van der Waals surface area contributed by atoms with Gasteiger partial charge in [0.15, 0.2) is 0 Å². The lowest BCUT2D eigenvalue weighted by Gasteiger charge is -2.30. The Labute approximate surface area is 480 Å². The number of likely N-dealkylation sites (N-methyl/N-ethyl adjacent to an activating group) is 1. The molecule has 3 unspecified atom stereocenters. The third-order valence-corrected chi connectivity index (χ3v) is 16.6. The van der Waals surface area contributed by atoms with Gasteiger partial charge in [-0.25, -0.2) is 0 Å². The van der Waals surface area contributed by atoms with Gasteiger partial charge in [0.2, 0.25) is 5.91 Å². The number of phosphoric ester groups is 1. The molecule has 0 aromatic carbocycles. The van der Waals surface area contributed by atoms with Crippen LogP contribution in [0.4, 0.5) is 0 Å². The van der Waals surface area contributed by atoms with Crippen LogP contribution >= 0.6 is 7.82 Å². The molecule has 0 saturated carbocycles. The minimum absolute atomic E-state index is 0.0118. The van der Waals surface area contributed by atoms with Gasteiger partial charge in [0.05, 0.1) is 39.9 Å². The smallest absolute Gasteiger partial charge is 0.268 e. The highest BCUT2D eigenvalue weighted by atomic mass is 31.2. The zero-order chi connectivity index (χ0) is 56.3. The van der Waals surface area contributed by atoms with Crippen molar-refractivity contribution in [1.29, 1.82) is 0 Å². The van der Waals surface area contributed by atoms with Crippen LogP contribution in [-0.4, -0.2) is 68.5 Å². The summed E-state index contributed by atoms with van der Waals surface area (Å²) in [6, 6.07) is -0.805. The van der Waals surface area contributed by atoms with E-state index in [-0.39, 0.29) is 19.1 Å². The molecule has 3 atom stereocenters. The molecule has 2 N–H and O–H groups in total. The lowest BCUT2D eigenvalue weighted by Crippen LogP contribution is -2.46. The van der Waals surface area contributed by atoms with Crippen LogP contribution in [0.15, 0.2) is 36.5 Å². The lowest BCUT2D eigenvalue weighted by atomic mass is 10.0. The maximum absolute atomic E-state index is 13.0. The number of aliphatic hydroxyl groups is 1. The number of unbranched alkanes of at least 4 members (excludes halogenated alkanes) is 44. The van der Waals surface area contributed by atoms with Gasteiger partial charge in [0.1, 0.15) is 13.2 Å². The van der Waals surface area contributed by atoms with E-state index in [1.807, 2.05) is 21.1 Å². The first-order chi connectivity index (χ1) is 37.5. The fraction of sp³-hybridized carbons (Fsp3) is 0.897. The Morgan fingerprint density at radius 3 is 1.09 bits per heavy atom. The largest absolute Gasteiger partial charge is 0.756 e. The number of nitrogens with zero attached hydrogens (tertiary/aromatic N) is 1. The van der Waals surface area contributed by atoms with Crippen molar-refractivity contribution in [2.24, 2.45) is 0 Å². The molecule has 1 amide bonds. The Hall–Kier alpha value is -1.28. The van der Waals surface area contributed by atoms with Crippen molar-refractivity contribution in [2.45, 2.75) is 353 Å². The van der Waals surface area contributed by atoms with Crippen molar-refractivity contribution in [2.75, 3.05) is 40.9 Å². The van der Waals surface area contributed by atoms with Crippen LogP contribution in [0.5, 0.6) is 0 Å². The Morgan fingerprint density at radius 2 is 0.753 bits per heavy atom. The van der Waals surface area contributed by atoms with Gasteiger partial charge in [0.25, 0.3) is 7.82 Å². The molecule has 0 aliphatic rings. The van der Waals surface area contributed by atoms with E-state index in [1.165, 1.54) is 263 Å². The molecular weight excluding hydrogens is 972 g/mol. The molecule has 0 aromatic rings. The fourth-order valence-corrected chi connectivity index (χ4v) is 11.1. The summed E-state index contributed by atoms with van der Waals surface area (Å²) in [5, 5.41) is 14.1. The Morgan fingerprint density at radius 1 is 0.455 bits per heavy atom. The van der Waals surface area contributed by atoms with Crippen LogP contribution < -0.4 is 10.2 Å². The van der Waals surface area contributed by atoms with Crippen LogP contribution in [0, 0.1) is 0 Å². The van der Waals surface area contributed by atoms with E-state index in [9.17, 15) is 19.4 Å². The molecule has 9 heteroatoms. The van der Waals surface area contributed by atoms with Gasteiger partial charge in [-0.2, -0.15) is 0 Å². The summed E-state index contributed by atoms with van der Waals surface area (Å²) in [7, 11) is 1.31. The standard InChI is InChI=1S/C68H133N2O6P/c1-6-8-10-12-14-16-18-20-22-24-26-28-30-32-33-34-35-36-38-39-41-43-45-47-49-51-53-55-57-59-61-67(71)66(65-76-77(73,74)75-64-63-70(3,4)5)69-68(72)62-60-58-56-54-52-50-48-46-44-42-40-37-31-29-27-25-23-21-19-17-15-13-11-9-7-2/h19,21,25,27,31,37,66-67,71H,6-18,20,22-24,26,28-30,32-36,38-65H2,1-5H3,(H-,69,72,73,74)/b21-19-,27-25-,37-31-. The number of nitrogens with one attached hydrogen (secondary N) is 1. The average molecular weight is 1110 g/mol. The molecule has 0 spiro atoms. The normalized spacial score (nSPS) is 13.9. The predicted molar refractivity (Wildman–Crippen MR) is 335 cm³/mol. The summed E-state index contributed by atoms with van der Waals surface area (Å²) >= 11 is 0. The van der Waals surface area contributed by atoms with E-state index in [1.54, 1.807) is 0 Å². The first-order valence-electron chi connectivity index (χ1n) is 33.8. The monoisotopic (exact) mass is 1100 g/mol. The third kappa shape index (κ3) is 62.2. The van der Waals surface area contributed by atoms with E-state index >= 15 is 0 Å². The van der Waals surface area contributed by atoms with Crippen molar-refractivity contribution in [3.8, 4) is 0 Å². The molecule has 0 rings (SSSR count). The second-order valence-corrected chi connectivity index (χ2v) is 25.9. The molecule has 0 aliphatic heterocycles. The number of amides is 1. The zero-order valence-electron chi connectivity index (χ0n) is 52.2. The average Bonchev–Trinajstić information content (AvgIpc) is 3.39. The van der Waals surface area contributed by atoms with Crippen LogP contribution in [0.3, 0.4) is 0 Å². The SMILES string of the molecule is CCCCCCC/C=C\C/C=C\C/C=C\CCCCCCCCCCCCC(=O)NC(COP(=O)([O-])OCC[N+](C)(C)C)C(O)CCCCCCCCCCCCCCCCCCCCCCCCCCCCCCCC. The van der Waals surface area contributed by atoms with Crippen molar-refractivity contribution in [3.63, 3.8) is 0 Å². The summed E-state index contributed by atoms with van der Waals surface area (Å²) in [4.78, 5) is 25.6. The number of quaternary nitrogens is 1. The first kappa shape index (κ1) is 75.7. The van der Waals surface area contributed by atoms with Gasteiger partial charge in [-0.05, 0) is 51.4 Å². The number of aliphatic hydroxyl groups excluding tert-OH is 1. The van der Waals surface area contributed by atoms with Gasteiger partial charge in [-0.1, -0.05) is 320 Å². The molecule has 0 saturated heterocycles. The van der Waals surface area contributed by atoms with Gasteiger partial charge in [-0.3, -0.25) is 9.36 Å². The van der Waals surface area contributed by atoms with Gasteiger partial charge >= 0.3 is 0 Å². The van der Waals surface area contributed by atoms with Crippen LogP contribution in [-0.2, 0) is 18.4 Å². The van der Waals surface area contributed by atoms with E-state index in [4.69, 9.17) is 9.05 Å². The molecule has 0 aliphatic carbocycles. The Balaban J connectivity index is 4.05. The minimum Gasteiger partial charge on any atom is -0.756 e. The van der Waals surface area contributed by atoms with E-state index in [2.05, 4.69) is 55.6 Å². The van der Waals surface area contributed by atoms with Crippen LogP contribution in [0.1, 0.15) is 341 Å². The second-order valence-electron chi connectivity index (χ2n) is 24.5. The number of allylic oxidation sites excluding steroid dienone is 6. The lowest BCUT2D eigenvalue weighted by molar-refractivity contribution is -0.870. The highest BCUT2D eigenvalue weighted by Crippen LogP contribution is 2.38. The van der Waals surface area contributed by atoms with Gasteiger partial charge in [0, 0.05) is 6.42 Å². The molecule has 456 valence electrons. The second kappa shape index (κ2) is 59.3. The minimum atomic E-state index is -4.58. The third-order valence-electron chi connectivity index (χ3n) is 15.6. The van der Waals surface area contributed by atoms with Crippen LogP contribution in [0.25, 0.3) is 0 Å². The zero-order valence-corrected chi connectivity index (χ0v) is 53.1. The maximum atomic E-state index is 13.0. The maximum Gasteiger partial charge on any atom is 0.268 e.